The number of halogens is 2. The van der Waals surface area contributed by atoms with Gasteiger partial charge in [-0.15, -0.1) is 0 Å². The molecule has 5 nitrogen and oxygen atoms in total. The number of hydrogen-bond acceptors (Lipinski definition) is 5. The number of primary amides is 1. The van der Waals surface area contributed by atoms with Gasteiger partial charge in [0.25, 0.3) is 0 Å². The van der Waals surface area contributed by atoms with E-state index in [9.17, 15) is 4.79 Å². The topological polar surface area (TPSA) is 72.1 Å². The van der Waals surface area contributed by atoms with Crippen molar-refractivity contribution in [3.8, 4) is 0 Å². The molecule has 2 aromatic rings. The Morgan fingerprint density at radius 3 is 2.60 bits per heavy atom. The highest BCUT2D eigenvalue weighted by Gasteiger charge is 2.26. The van der Waals surface area contributed by atoms with Crippen molar-refractivity contribution in [2.24, 2.45) is 5.73 Å². The van der Waals surface area contributed by atoms with Crippen LogP contribution >= 0.6 is 35.0 Å². The fourth-order valence-corrected chi connectivity index (χ4v) is 3.56. The number of nitrogens with zero attached hydrogens (tertiary/aromatic N) is 3. The molecule has 2 N–H and O–H groups in total. The number of carbonyl (C=O) groups is 1. The third kappa shape index (κ3) is 3.38. The van der Waals surface area contributed by atoms with Crippen LogP contribution in [0, 0.1) is 0 Å². The highest BCUT2D eigenvalue weighted by Crippen LogP contribution is 2.42. The quantitative estimate of drug-likeness (QED) is 0.487. The molecule has 1 aromatic carbocycles. The molecule has 3 rings (SSSR count). The average molecular weight is 393 g/mol. The molecule has 0 saturated heterocycles. The van der Waals surface area contributed by atoms with Crippen LogP contribution in [0.3, 0.4) is 0 Å². The summed E-state index contributed by atoms with van der Waals surface area (Å²) in [6.45, 7) is 0. The van der Waals surface area contributed by atoms with E-state index in [0.717, 1.165) is 5.56 Å². The molecule has 0 unspecified atom stereocenters. The van der Waals surface area contributed by atoms with Crippen molar-refractivity contribution in [2.75, 3.05) is 18.2 Å². The number of nitrogens with two attached hydrogens (primary N) is 1. The van der Waals surface area contributed by atoms with Gasteiger partial charge < -0.3 is 10.6 Å². The van der Waals surface area contributed by atoms with Gasteiger partial charge in [-0.3, -0.25) is 4.79 Å². The first-order valence-corrected chi connectivity index (χ1v) is 9.22. The Bertz CT molecular complexity index is 907. The van der Waals surface area contributed by atoms with Crippen LogP contribution in [-0.4, -0.2) is 29.2 Å². The van der Waals surface area contributed by atoms with Gasteiger partial charge >= 0.3 is 0 Å². The van der Waals surface area contributed by atoms with Gasteiger partial charge in [-0.05, 0) is 24.5 Å². The number of rotatable bonds is 3. The second-order valence-electron chi connectivity index (χ2n) is 5.28. The van der Waals surface area contributed by atoms with Crippen molar-refractivity contribution in [1.82, 2.24) is 9.97 Å². The summed E-state index contributed by atoms with van der Waals surface area (Å²) in [5.41, 5.74) is 8.09. The van der Waals surface area contributed by atoms with Gasteiger partial charge in [-0.25, -0.2) is 9.97 Å². The SMILES string of the molecule is CSc1ncc2c(n1)N(C)C(=CC(N)=O)C(c1c(Cl)cccc1Cl)=C2. The molecule has 2 heterocycles. The van der Waals surface area contributed by atoms with Gasteiger partial charge in [0.1, 0.15) is 5.82 Å². The molecule has 25 heavy (non-hydrogen) atoms. The zero-order valence-electron chi connectivity index (χ0n) is 13.5. The number of fused-ring (bicyclic) bond motifs is 1. The maximum Gasteiger partial charge on any atom is 0.243 e. The molecule has 0 fully saturated rings. The number of thioether (sulfide) groups is 1. The lowest BCUT2D eigenvalue weighted by atomic mass is 9.95. The lowest BCUT2D eigenvalue weighted by Gasteiger charge is -2.30. The van der Waals surface area contributed by atoms with Crippen molar-refractivity contribution in [2.45, 2.75) is 5.16 Å². The Morgan fingerprint density at radius 2 is 2.00 bits per heavy atom. The molecule has 1 aliphatic heterocycles. The largest absolute Gasteiger partial charge is 0.366 e. The van der Waals surface area contributed by atoms with Crippen molar-refractivity contribution < 1.29 is 4.79 Å². The summed E-state index contributed by atoms with van der Waals surface area (Å²) in [5.74, 6) is 0.109. The van der Waals surface area contributed by atoms with Gasteiger partial charge in [-0.2, -0.15) is 0 Å². The van der Waals surface area contributed by atoms with Crippen LogP contribution in [0.1, 0.15) is 11.1 Å². The first kappa shape index (κ1) is 17.8. The van der Waals surface area contributed by atoms with Crippen LogP contribution in [-0.2, 0) is 4.79 Å². The van der Waals surface area contributed by atoms with Crippen molar-refractivity contribution in [1.29, 1.82) is 0 Å². The van der Waals surface area contributed by atoms with Crippen LogP contribution in [0.4, 0.5) is 5.82 Å². The molecule has 0 atom stereocenters. The summed E-state index contributed by atoms with van der Waals surface area (Å²) in [4.78, 5) is 22.2. The van der Waals surface area contributed by atoms with Crippen LogP contribution in [0.15, 0.2) is 41.3 Å². The molecule has 1 aromatic heterocycles. The van der Waals surface area contributed by atoms with E-state index in [2.05, 4.69) is 9.97 Å². The summed E-state index contributed by atoms with van der Waals surface area (Å²) >= 11 is 14.2. The van der Waals surface area contributed by atoms with E-state index in [1.807, 2.05) is 19.4 Å². The highest BCUT2D eigenvalue weighted by atomic mass is 35.5. The summed E-state index contributed by atoms with van der Waals surface area (Å²) in [6.07, 6.45) is 6.84. The van der Waals surface area contributed by atoms with Gasteiger partial charge in [0, 0.05) is 46.1 Å². The minimum atomic E-state index is -0.571. The predicted molar refractivity (Wildman–Crippen MR) is 104 cm³/mol. The van der Waals surface area contributed by atoms with Crippen LogP contribution in [0.25, 0.3) is 11.6 Å². The maximum absolute atomic E-state index is 11.6. The molecule has 1 aliphatic rings. The Morgan fingerprint density at radius 1 is 1.32 bits per heavy atom. The molecule has 0 radical (unpaired) electrons. The molecule has 0 spiro atoms. The van der Waals surface area contributed by atoms with E-state index >= 15 is 0 Å². The lowest BCUT2D eigenvalue weighted by Crippen LogP contribution is -2.25. The Labute approximate surface area is 159 Å². The fraction of sp³-hybridized carbons (Fsp3) is 0.118. The van der Waals surface area contributed by atoms with Gasteiger partial charge in [0.15, 0.2) is 5.16 Å². The summed E-state index contributed by atoms with van der Waals surface area (Å²) in [6, 6.07) is 5.25. The van der Waals surface area contributed by atoms with Gasteiger partial charge in [0.2, 0.25) is 5.91 Å². The van der Waals surface area contributed by atoms with E-state index < -0.39 is 5.91 Å². The molecule has 0 bridgehead atoms. The highest BCUT2D eigenvalue weighted by molar-refractivity contribution is 7.98. The molecular formula is C17H14Cl2N4OS. The molecule has 128 valence electrons. The zero-order valence-corrected chi connectivity index (χ0v) is 15.8. The van der Waals surface area contributed by atoms with Crippen LogP contribution in [0.2, 0.25) is 10.0 Å². The normalized spacial score (nSPS) is 15.1. The summed E-state index contributed by atoms with van der Waals surface area (Å²) < 4.78 is 0. The molecule has 1 amide bonds. The standard InChI is InChI=1S/C17H14Cl2N4OS/c1-23-13(7-14(20)24)10(15-11(18)4-3-5-12(15)19)6-9-8-21-17(25-2)22-16(9)23/h3-8H,1-2H3,(H2,20,24). The second kappa shape index (κ2) is 7.07. The van der Waals surface area contributed by atoms with E-state index in [-0.39, 0.29) is 0 Å². The lowest BCUT2D eigenvalue weighted by molar-refractivity contribution is -0.113. The second-order valence-corrected chi connectivity index (χ2v) is 6.87. The number of anilines is 1. The predicted octanol–water partition coefficient (Wildman–Crippen LogP) is 3.86. The van der Waals surface area contributed by atoms with Crippen molar-refractivity contribution in [3.05, 3.63) is 57.3 Å². The zero-order chi connectivity index (χ0) is 18.1. The minimum Gasteiger partial charge on any atom is -0.366 e. The molecule has 8 heteroatoms. The summed E-state index contributed by atoms with van der Waals surface area (Å²) in [7, 11) is 1.81. The van der Waals surface area contributed by atoms with Crippen LogP contribution in [0.5, 0.6) is 0 Å². The molecular weight excluding hydrogens is 379 g/mol. The fourth-order valence-electron chi connectivity index (χ4n) is 2.62. The van der Waals surface area contributed by atoms with Crippen molar-refractivity contribution >= 4 is 58.3 Å². The first-order valence-electron chi connectivity index (χ1n) is 7.24. The van der Waals surface area contributed by atoms with E-state index in [0.29, 0.717) is 37.9 Å². The average Bonchev–Trinajstić information content (AvgIpc) is 2.57. The third-order valence-corrected chi connectivity index (χ3v) is 4.91. The molecule has 0 aliphatic carbocycles. The number of likely N-dealkylation sites (N-methyl/N-ethyl adjacent to an activating group) is 1. The Balaban J connectivity index is 2.29. The number of amides is 1. The maximum atomic E-state index is 11.6. The number of carbonyl (C=O) groups excluding carboxylic acids is 1. The van der Waals surface area contributed by atoms with E-state index in [1.165, 1.54) is 17.8 Å². The third-order valence-electron chi connectivity index (χ3n) is 3.72. The van der Waals surface area contributed by atoms with E-state index in [1.54, 1.807) is 29.3 Å². The smallest absolute Gasteiger partial charge is 0.243 e. The van der Waals surface area contributed by atoms with E-state index in [4.69, 9.17) is 28.9 Å². The Hall–Kier alpha value is -2.02. The summed E-state index contributed by atoms with van der Waals surface area (Å²) in [5, 5.41) is 1.59. The first-order chi connectivity index (χ1) is 11.9. The Kier molecular flexibility index (Phi) is 5.03. The number of benzene rings is 1. The monoisotopic (exact) mass is 392 g/mol. The number of allylic oxidation sites excluding steroid dienone is 1. The van der Waals surface area contributed by atoms with Gasteiger partial charge in [0.05, 0.1) is 5.70 Å². The number of hydrogen-bond donors (Lipinski definition) is 1. The van der Waals surface area contributed by atoms with Crippen LogP contribution < -0.4 is 10.6 Å². The van der Waals surface area contributed by atoms with Crippen molar-refractivity contribution in [3.63, 3.8) is 0 Å². The van der Waals surface area contributed by atoms with Gasteiger partial charge in [-0.1, -0.05) is 41.0 Å². The minimum absolute atomic E-state index is 0.479. The number of aromatic nitrogens is 2. The molecule has 0 saturated carbocycles.